The SMILES string of the molecule is COC(=O)c1cc(N)ccc1N(C)Cc1ccc(Cl)cc1. The number of hydrogen-bond donors (Lipinski definition) is 1. The van der Waals surface area contributed by atoms with Crippen LogP contribution in [0.3, 0.4) is 0 Å². The summed E-state index contributed by atoms with van der Waals surface area (Å²) in [6.07, 6.45) is 0. The van der Waals surface area contributed by atoms with Crippen molar-refractivity contribution >= 4 is 28.9 Å². The minimum Gasteiger partial charge on any atom is -0.465 e. The van der Waals surface area contributed by atoms with E-state index in [4.69, 9.17) is 22.1 Å². The van der Waals surface area contributed by atoms with Gasteiger partial charge in [-0.3, -0.25) is 0 Å². The number of nitrogens with zero attached hydrogens (tertiary/aromatic N) is 1. The molecule has 2 aromatic carbocycles. The maximum absolute atomic E-state index is 11.9. The third-order valence-corrected chi connectivity index (χ3v) is 3.42. The molecule has 4 nitrogen and oxygen atoms in total. The Balaban J connectivity index is 2.28. The van der Waals surface area contributed by atoms with E-state index in [2.05, 4.69) is 0 Å². The second kappa shape index (κ2) is 6.50. The fraction of sp³-hybridized carbons (Fsp3) is 0.188. The summed E-state index contributed by atoms with van der Waals surface area (Å²) in [6.45, 7) is 0.644. The minimum atomic E-state index is -0.403. The number of methoxy groups -OCH3 is 1. The largest absolute Gasteiger partial charge is 0.465 e. The predicted octanol–water partition coefficient (Wildman–Crippen LogP) is 3.35. The molecule has 0 aliphatic heterocycles. The molecule has 0 amide bonds. The fourth-order valence-corrected chi connectivity index (χ4v) is 2.23. The molecule has 21 heavy (non-hydrogen) atoms. The van der Waals surface area contributed by atoms with Gasteiger partial charge in [0.2, 0.25) is 0 Å². The van der Waals surface area contributed by atoms with Crippen LogP contribution < -0.4 is 10.6 Å². The average molecular weight is 305 g/mol. The Bertz CT molecular complexity index is 641. The van der Waals surface area contributed by atoms with Gasteiger partial charge in [0, 0.05) is 24.3 Å². The lowest BCUT2D eigenvalue weighted by atomic mass is 10.1. The average Bonchev–Trinajstić information content (AvgIpc) is 2.48. The summed E-state index contributed by atoms with van der Waals surface area (Å²) in [5.74, 6) is -0.403. The molecule has 0 aliphatic carbocycles. The number of carbonyl (C=O) groups excluding carboxylic acids is 1. The summed E-state index contributed by atoms with van der Waals surface area (Å²) >= 11 is 5.88. The minimum absolute atomic E-state index is 0.403. The normalized spacial score (nSPS) is 10.2. The van der Waals surface area contributed by atoms with Gasteiger partial charge in [0.1, 0.15) is 0 Å². The topological polar surface area (TPSA) is 55.6 Å². The van der Waals surface area contributed by atoms with Crippen LogP contribution in [0, 0.1) is 0 Å². The molecule has 0 aliphatic rings. The van der Waals surface area contributed by atoms with Gasteiger partial charge in [0.15, 0.2) is 0 Å². The van der Waals surface area contributed by atoms with Crippen LogP contribution in [0.15, 0.2) is 42.5 Å². The van der Waals surface area contributed by atoms with Gasteiger partial charge in [-0.25, -0.2) is 4.79 Å². The monoisotopic (exact) mass is 304 g/mol. The Morgan fingerprint density at radius 2 is 1.90 bits per heavy atom. The molecular weight excluding hydrogens is 288 g/mol. The lowest BCUT2D eigenvalue weighted by Gasteiger charge is -2.22. The highest BCUT2D eigenvalue weighted by Crippen LogP contribution is 2.24. The van der Waals surface area contributed by atoms with Crippen molar-refractivity contribution in [3.63, 3.8) is 0 Å². The number of ether oxygens (including phenoxy) is 1. The van der Waals surface area contributed by atoms with Crippen LogP contribution in [0.25, 0.3) is 0 Å². The Hall–Kier alpha value is -2.20. The van der Waals surface area contributed by atoms with Crippen molar-refractivity contribution in [3.05, 3.63) is 58.6 Å². The molecule has 0 radical (unpaired) electrons. The standard InChI is InChI=1S/C16H17ClN2O2/c1-19(10-11-3-5-12(17)6-4-11)15-8-7-13(18)9-14(15)16(20)21-2/h3-9H,10,18H2,1-2H3. The first-order chi connectivity index (χ1) is 10.0. The molecule has 0 fully saturated rings. The van der Waals surface area contributed by atoms with Crippen LogP contribution in [0.4, 0.5) is 11.4 Å². The number of halogens is 1. The summed E-state index contributed by atoms with van der Waals surface area (Å²) in [7, 11) is 3.26. The van der Waals surface area contributed by atoms with Crippen LogP contribution in [0.5, 0.6) is 0 Å². The van der Waals surface area contributed by atoms with E-state index in [1.807, 2.05) is 42.3 Å². The van der Waals surface area contributed by atoms with Crippen LogP contribution in [-0.4, -0.2) is 20.1 Å². The highest BCUT2D eigenvalue weighted by molar-refractivity contribution is 6.30. The van der Waals surface area contributed by atoms with E-state index in [0.29, 0.717) is 22.8 Å². The van der Waals surface area contributed by atoms with E-state index < -0.39 is 5.97 Å². The van der Waals surface area contributed by atoms with Crippen molar-refractivity contribution in [2.75, 3.05) is 24.8 Å². The number of benzene rings is 2. The number of nitrogens with two attached hydrogens (primary N) is 1. The van der Waals surface area contributed by atoms with Crippen molar-refractivity contribution in [2.24, 2.45) is 0 Å². The van der Waals surface area contributed by atoms with Gasteiger partial charge in [0.25, 0.3) is 0 Å². The molecule has 0 bridgehead atoms. The molecule has 2 aromatic rings. The maximum Gasteiger partial charge on any atom is 0.340 e. The summed E-state index contributed by atoms with van der Waals surface area (Å²) in [5.41, 5.74) is 8.59. The van der Waals surface area contributed by atoms with Gasteiger partial charge in [-0.1, -0.05) is 23.7 Å². The van der Waals surface area contributed by atoms with E-state index in [9.17, 15) is 4.79 Å². The molecule has 0 aromatic heterocycles. The molecule has 0 saturated carbocycles. The molecular formula is C16H17ClN2O2. The number of rotatable bonds is 4. The Morgan fingerprint density at radius 1 is 1.24 bits per heavy atom. The highest BCUT2D eigenvalue weighted by Gasteiger charge is 2.15. The van der Waals surface area contributed by atoms with Gasteiger partial charge in [-0.2, -0.15) is 0 Å². The summed E-state index contributed by atoms with van der Waals surface area (Å²) < 4.78 is 4.81. The van der Waals surface area contributed by atoms with E-state index >= 15 is 0 Å². The van der Waals surface area contributed by atoms with E-state index in [1.165, 1.54) is 7.11 Å². The van der Waals surface area contributed by atoms with Crippen LogP contribution >= 0.6 is 11.6 Å². The zero-order valence-corrected chi connectivity index (χ0v) is 12.7. The van der Waals surface area contributed by atoms with Gasteiger partial charge >= 0.3 is 5.97 Å². The fourth-order valence-electron chi connectivity index (χ4n) is 2.11. The quantitative estimate of drug-likeness (QED) is 0.695. The van der Waals surface area contributed by atoms with Gasteiger partial charge in [0.05, 0.1) is 18.4 Å². The predicted molar refractivity (Wildman–Crippen MR) is 85.8 cm³/mol. The van der Waals surface area contributed by atoms with Crippen molar-refractivity contribution in [1.29, 1.82) is 0 Å². The van der Waals surface area contributed by atoms with Crippen molar-refractivity contribution in [2.45, 2.75) is 6.54 Å². The number of nitrogen functional groups attached to an aromatic ring is 1. The molecule has 2 N–H and O–H groups in total. The molecule has 110 valence electrons. The van der Waals surface area contributed by atoms with Crippen LogP contribution in [0.1, 0.15) is 15.9 Å². The van der Waals surface area contributed by atoms with Crippen LogP contribution in [-0.2, 0) is 11.3 Å². The summed E-state index contributed by atoms with van der Waals surface area (Å²) in [4.78, 5) is 13.8. The summed E-state index contributed by atoms with van der Waals surface area (Å²) in [5, 5.41) is 0.698. The van der Waals surface area contributed by atoms with E-state index in [-0.39, 0.29) is 0 Å². The number of anilines is 2. The second-order valence-electron chi connectivity index (χ2n) is 4.75. The van der Waals surface area contributed by atoms with Crippen LogP contribution in [0.2, 0.25) is 5.02 Å². The maximum atomic E-state index is 11.9. The zero-order chi connectivity index (χ0) is 15.4. The number of carbonyl (C=O) groups is 1. The molecule has 0 heterocycles. The number of esters is 1. The van der Waals surface area contributed by atoms with E-state index in [1.54, 1.807) is 12.1 Å². The zero-order valence-electron chi connectivity index (χ0n) is 12.0. The van der Waals surface area contributed by atoms with E-state index in [0.717, 1.165) is 11.3 Å². The van der Waals surface area contributed by atoms with Gasteiger partial charge < -0.3 is 15.4 Å². The lowest BCUT2D eigenvalue weighted by molar-refractivity contribution is 0.0601. The number of hydrogen-bond acceptors (Lipinski definition) is 4. The van der Waals surface area contributed by atoms with Crippen molar-refractivity contribution in [1.82, 2.24) is 0 Å². The first-order valence-corrected chi connectivity index (χ1v) is 6.82. The highest BCUT2D eigenvalue weighted by atomic mass is 35.5. The van der Waals surface area contributed by atoms with Gasteiger partial charge in [-0.05, 0) is 35.9 Å². The molecule has 2 rings (SSSR count). The Morgan fingerprint density at radius 3 is 2.52 bits per heavy atom. The Kier molecular flexibility index (Phi) is 4.70. The molecule has 0 saturated heterocycles. The molecule has 0 unspecified atom stereocenters. The first-order valence-electron chi connectivity index (χ1n) is 6.44. The molecule has 0 spiro atoms. The summed E-state index contributed by atoms with van der Waals surface area (Å²) in [6, 6.07) is 12.8. The molecule has 0 atom stereocenters. The first kappa shape index (κ1) is 15.2. The van der Waals surface area contributed by atoms with Crippen molar-refractivity contribution in [3.8, 4) is 0 Å². The smallest absolute Gasteiger partial charge is 0.340 e. The lowest BCUT2D eigenvalue weighted by Crippen LogP contribution is -2.20. The third kappa shape index (κ3) is 3.67. The Labute approximate surface area is 129 Å². The van der Waals surface area contributed by atoms with Gasteiger partial charge in [-0.15, -0.1) is 0 Å². The van der Waals surface area contributed by atoms with Crippen molar-refractivity contribution < 1.29 is 9.53 Å². The molecule has 5 heteroatoms. The second-order valence-corrected chi connectivity index (χ2v) is 5.19. The third-order valence-electron chi connectivity index (χ3n) is 3.17.